The van der Waals surface area contributed by atoms with E-state index in [0.29, 0.717) is 38.5 Å². The number of hydrogen-bond donors (Lipinski definition) is 10. The van der Waals surface area contributed by atoms with Gasteiger partial charge in [-0.25, -0.2) is 0 Å². The van der Waals surface area contributed by atoms with Crippen LogP contribution in [-0.4, -0.2) is 133 Å². The zero-order valence-corrected chi connectivity index (χ0v) is 38.0. The van der Waals surface area contributed by atoms with Crippen LogP contribution in [0.5, 0.6) is 11.5 Å². The molecule has 20 nitrogen and oxygen atoms in total. The van der Waals surface area contributed by atoms with Gasteiger partial charge < -0.3 is 71.2 Å². The van der Waals surface area contributed by atoms with Gasteiger partial charge in [-0.05, 0) is 44.9 Å². The third kappa shape index (κ3) is 21.3. The van der Waals surface area contributed by atoms with Crippen LogP contribution in [0.2, 0.25) is 0 Å². The number of aromatic hydroxyl groups is 2. The minimum Gasteiger partial charge on any atom is -0.504 e. The molecular weight excluding hydrogens is 847 g/mol. The summed E-state index contributed by atoms with van der Waals surface area (Å²) in [7, 11) is 1.39. The number of β-amino-alcohol motifs (C(OH)–C–C–N with tert-alkyl or cyclic N) is 1. The van der Waals surface area contributed by atoms with Crippen LogP contribution in [0.4, 0.5) is 0 Å². The first-order valence-electron chi connectivity index (χ1n) is 21.3. The number of rotatable bonds is 22. The molecule has 2 aromatic rings. The van der Waals surface area contributed by atoms with E-state index in [1.165, 1.54) is 47.6 Å². The van der Waals surface area contributed by atoms with Crippen molar-refractivity contribution < 1.29 is 54.6 Å². The standard InChI is InChI=1S/C26H39N5O8.C9H12N2O4.C6H12.C4H6O/c1-2-26(27,8-4-10-29-25(39)21-23(37)20(35)6-12-31(21)14-16-33)7-3-9-28-24(38)18-17-30(13-15-32)11-5-19(34)22(18)36;1-10-9(15)7-8(14)6(13)2-3-11(7)4-5-12;1-3-5-6-4-2;1-2-3-4-5/h5-6,11-12,32-33,36-37H,2-4,7-10,13-17,27H2,1H3,(H,28,38)(H,29,39);2-3,12,14H,4-5H2,1H3,(H,10,15);5-6H,3-4H2,1-2H3;2,4H,1,3H2/b;;6-5-;. The van der Waals surface area contributed by atoms with Gasteiger partial charge in [0, 0.05) is 88.5 Å². The molecule has 0 saturated heterocycles. The average molecular weight is 916 g/mol. The van der Waals surface area contributed by atoms with Crippen molar-refractivity contribution in [2.75, 3.05) is 53.0 Å². The maximum Gasteiger partial charge on any atom is 0.271 e. The van der Waals surface area contributed by atoms with Gasteiger partial charge >= 0.3 is 0 Å². The highest BCUT2D eigenvalue weighted by Crippen LogP contribution is 2.21. The van der Waals surface area contributed by atoms with Gasteiger partial charge in [0.15, 0.2) is 28.6 Å². The van der Waals surface area contributed by atoms with Crippen LogP contribution in [0.25, 0.3) is 0 Å². The van der Waals surface area contributed by atoms with Gasteiger partial charge in [0.1, 0.15) is 6.29 Å². The largest absolute Gasteiger partial charge is 0.504 e. The smallest absolute Gasteiger partial charge is 0.271 e. The highest BCUT2D eigenvalue weighted by Gasteiger charge is 2.26. The average Bonchev–Trinajstić information content (AvgIpc) is 3.43. The number of carbonyl (C=O) groups is 5. The maximum atomic E-state index is 12.6. The minimum atomic E-state index is -0.690. The lowest BCUT2D eigenvalue weighted by atomic mass is 9.86. The van der Waals surface area contributed by atoms with E-state index in [2.05, 4.69) is 48.5 Å². The molecule has 1 aliphatic rings. The van der Waals surface area contributed by atoms with E-state index < -0.39 is 57.2 Å². The van der Waals surface area contributed by atoms with Gasteiger partial charge in [-0.2, -0.15) is 0 Å². The molecule has 0 radical (unpaired) electrons. The second-order valence-corrected chi connectivity index (χ2v) is 14.3. The van der Waals surface area contributed by atoms with Gasteiger partial charge in [0.2, 0.25) is 16.6 Å². The van der Waals surface area contributed by atoms with E-state index in [9.17, 15) is 54.0 Å². The van der Waals surface area contributed by atoms with Crippen LogP contribution < -0.4 is 32.5 Å². The van der Waals surface area contributed by atoms with Crippen LogP contribution in [0.1, 0.15) is 93.1 Å². The van der Waals surface area contributed by atoms with Crippen molar-refractivity contribution in [2.24, 2.45) is 5.73 Å². The van der Waals surface area contributed by atoms with Crippen LogP contribution >= 0.6 is 0 Å². The molecule has 3 amide bonds. The summed E-state index contributed by atoms with van der Waals surface area (Å²) in [5, 5.41) is 64.4. The second-order valence-electron chi connectivity index (χ2n) is 14.3. The highest BCUT2D eigenvalue weighted by molar-refractivity contribution is 6.09. The Morgan fingerprint density at radius 1 is 0.785 bits per heavy atom. The Balaban J connectivity index is 0.00000127. The fourth-order valence-corrected chi connectivity index (χ4v) is 5.86. The van der Waals surface area contributed by atoms with E-state index in [1.807, 2.05) is 6.92 Å². The number of pyridine rings is 2. The molecule has 0 bridgehead atoms. The molecule has 20 heteroatoms. The van der Waals surface area contributed by atoms with Crippen molar-refractivity contribution in [1.82, 2.24) is 30.0 Å². The van der Waals surface area contributed by atoms with Gasteiger partial charge in [-0.3, -0.25) is 28.8 Å². The number of nitrogens with zero attached hydrogens (tertiary/aromatic N) is 3. The molecule has 0 saturated carbocycles. The summed E-state index contributed by atoms with van der Waals surface area (Å²) >= 11 is 0. The monoisotopic (exact) mass is 915 g/mol. The number of aromatic nitrogens is 2. The lowest BCUT2D eigenvalue weighted by Crippen LogP contribution is -2.41. The molecule has 1 aliphatic heterocycles. The van der Waals surface area contributed by atoms with E-state index in [0.717, 1.165) is 24.5 Å². The number of ketones is 1. The summed E-state index contributed by atoms with van der Waals surface area (Å²) < 4.78 is 2.62. The SMILES string of the molecule is C=CCC=O.CC/C=C\CC.CCC(N)(CCCNC(=O)C1=C(O)C(=O)C=CN(CCO)C1)CCCNC(=O)c1c(O)c(=O)ccn1CCO.CNC(=O)c1c(O)c(=O)ccn1CCO. The Hall–Kier alpha value is -6.35. The number of nitrogens with one attached hydrogen (secondary N) is 3. The minimum absolute atomic E-state index is 0.0150. The Kier molecular flexibility index (Phi) is 30.0. The Morgan fingerprint density at radius 3 is 1.66 bits per heavy atom. The summed E-state index contributed by atoms with van der Waals surface area (Å²) in [5.74, 6) is -4.37. The molecule has 0 spiro atoms. The zero-order valence-electron chi connectivity index (χ0n) is 38.0. The normalized spacial score (nSPS) is 12.9. The third-order valence-corrected chi connectivity index (χ3v) is 9.50. The van der Waals surface area contributed by atoms with Gasteiger partial charge in [0.05, 0.1) is 31.9 Å². The van der Waals surface area contributed by atoms with Crippen molar-refractivity contribution in [3.05, 3.63) is 105 Å². The molecule has 0 aliphatic carbocycles. The van der Waals surface area contributed by atoms with E-state index in [-0.39, 0.29) is 76.1 Å². The van der Waals surface area contributed by atoms with Gasteiger partial charge in [0.25, 0.3) is 17.7 Å². The Morgan fingerprint density at radius 2 is 1.26 bits per heavy atom. The zero-order chi connectivity index (χ0) is 49.4. The number of aliphatic hydroxyl groups excluding tert-OH is 4. The number of nitrogens with two attached hydrogens (primary N) is 1. The van der Waals surface area contributed by atoms with Crippen molar-refractivity contribution in [2.45, 2.75) is 90.8 Å². The molecule has 3 heterocycles. The van der Waals surface area contributed by atoms with Crippen molar-refractivity contribution in [3.8, 4) is 11.5 Å². The molecule has 0 fully saturated rings. The molecule has 11 N–H and O–H groups in total. The summed E-state index contributed by atoms with van der Waals surface area (Å²) in [6.45, 7) is 9.79. The van der Waals surface area contributed by atoms with Crippen LogP contribution in [0, 0.1) is 0 Å². The fourth-order valence-electron chi connectivity index (χ4n) is 5.86. The van der Waals surface area contributed by atoms with Crippen LogP contribution in [-0.2, 0) is 27.5 Å². The predicted molar refractivity (Wildman–Crippen MR) is 246 cm³/mol. The van der Waals surface area contributed by atoms with E-state index >= 15 is 0 Å². The first kappa shape index (κ1) is 58.6. The maximum absolute atomic E-state index is 12.6. The number of amides is 3. The lowest BCUT2D eigenvalue weighted by Gasteiger charge is -2.28. The van der Waals surface area contributed by atoms with E-state index in [1.54, 1.807) is 11.0 Å². The number of aliphatic hydroxyl groups is 4. The summed E-state index contributed by atoms with van der Waals surface area (Å²) in [6.07, 6.45) is 17.6. The fraction of sp³-hybridized carbons (Fsp3) is 0.489. The molecule has 1 unspecified atom stereocenters. The van der Waals surface area contributed by atoms with E-state index in [4.69, 9.17) is 15.9 Å². The first-order valence-corrected chi connectivity index (χ1v) is 21.3. The Labute approximate surface area is 379 Å². The molecule has 3 rings (SSSR count). The summed E-state index contributed by atoms with van der Waals surface area (Å²) in [4.78, 5) is 82.3. The summed E-state index contributed by atoms with van der Waals surface area (Å²) in [5.41, 5.74) is 4.23. The number of allylic oxidation sites excluding steroid dienone is 4. The number of carbonyl (C=O) groups excluding carboxylic acids is 5. The van der Waals surface area contributed by atoms with Gasteiger partial charge in [-0.15, -0.1) is 6.58 Å². The van der Waals surface area contributed by atoms with Crippen molar-refractivity contribution in [1.29, 1.82) is 0 Å². The molecule has 1 atom stereocenters. The molecule has 2 aromatic heterocycles. The molecule has 0 aromatic carbocycles. The second kappa shape index (κ2) is 33.2. The number of hydrogen-bond acceptors (Lipinski definition) is 15. The highest BCUT2D eigenvalue weighted by atomic mass is 16.3. The summed E-state index contributed by atoms with van der Waals surface area (Å²) in [6, 6.07) is 2.25. The lowest BCUT2D eigenvalue weighted by molar-refractivity contribution is -0.119. The van der Waals surface area contributed by atoms with Crippen molar-refractivity contribution >= 4 is 29.8 Å². The molecular formula is C45H69N7O13. The van der Waals surface area contributed by atoms with Crippen molar-refractivity contribution in [3.63, 3.8) is 0 Å². The first-order chi connectivity index (χ1) is 31.0. The predicted octanol–water partition coefficient (Wildman–Crippen LogP) is 1.29. The number of aldehydes is 1. The van der Waals surface area contributed by atoms with Crippen LogP contribution in [0.3, 0.4) is 0 Å². The Bertz CT molecular complexity index is 2030. The third-order valence-electron chi connectivity index (χ3n) is 9.50. The molecule has 65 heavy (non-hydrogen) atoms. The molecule has 362 valence electrons. The van der Waals surface area contributed by atoms with Crippen LogP contribution in [0.15, 0.2) is 82.5 Å². The topological polar surface area (TPSA) is 316 Å². The van der Waals surface area contributed by atoms with Gasteiger partial charge in [-0.1, -0.05) is 39.0 Å². The quantitative estimate of drug-likeness (QED) is 0.0452.